The van der Waals surface area contributed by atoms with Gasteiger partial charge in [-0.15, -0.1) is 0 Å². The fourth-order valence-corrected chi connectivity index (χ4v) is 1.42. The van der Waals surface area contributed by atoms with Crippen molar-refractivity contribution < 1.29 is 10.2 Å². The Morgan fingerprint density at radius 3 is 2.71 bits per heavy atom. The lowest BCUT2D eigenvalue weighted by Crippen LogP contribution is -2.10. The Hall–Kier alpha value is -1.22. The smallest absolute Gasteiger partial charge is 0.120 e. The summed E-state index contributed by atoms with van der Waals surface area (Å²) in [5, 5.41) is 18.8. The number of unbranched alkanes of at least 4 members (excludes halogenated alkanes) is 1. The SMILES string of the molecule is CCCC[C@@H](N)c1cc(O)ccc1O. The molecule has 1 rings (SSSR count). The summed E-state index contributed by atoms with van der Waals surface area (Å²) in [6.45, 7) is 2.09. The van der Waals surface area contributed by atoms with E-state index >= 15 is 0 Å². The molecule has 0 saturated heterocycles. The van der Waals surface area contributed by atoms with E-state index in [1.54, 1.807) is 0 Å². The van der Waals surface area contributed by atoms with Crippen molar-refractivity contribution in [2.45, 2.75) is 32.2 Å². The Bertz CT molecular complexity index is 299. The maximum Gasteiger partial charge on any atom is 0.120 e. The topological polar surface area (TPSA) is 66.5 Å². The fraction of sp³-hybridized carbons (Fsp3) is 0.455. The second-order valence-electron chi connectivity index (χ2n) is 3.49. The number of hydrogen-bond acceptors (Lipinski definition) is 3. The summed E-state index contributed by atoms with van der Waals surface area (Å²) in [6.07, 6.45) is 2.93. The predicted octanol–water partition coefficient (Wildman–Crippen LogP) is 2.29. The van der Waals surface area contributed by atoms with E-state index in [-0.39, 0.29) is 17.5 Å². The Kier molecular flexibility index (Phi) is 3.77. The molecule has 0 fully saturated rings. The average Bonchev–Trinajstić information content (AvgIpc) is 2.18. The zero-order valence-corrected chi connectivity index (χ0v) is 8.40. The molecule has 3 heteroatoms. The Balaban J connectivity index is 2.77. The van der Waals surface area contributed by atoms with Gasteiger partial charge in [-0.3, -0.25) is 0 Å². The van der Waals surface area contributed by atoms with Gasteiger partial charge < -0.3 is 15.9 Å². The summed E-state index contributed by atoms with van der Waals surface area (Å²) >= 11 is 0. The van der Waals surface area contributed by atoms with Crippen LogP contribution in [0.5, 0.6) is 11.5 Å². The molecule has 0 heterocycles. The van der Waals surface area contributed by atoms with Crippen LogP contribution in [0.15, 0.2) is 18.2 Å². The van der Waals surface area contributed by atoms with Gasteiger partial charge >= 0.3 is 0 Å². The van der Waals surface area contributed by atoms with E-state index in [2.05, 4.69) is 6.92 Å². The molecule has 0 saturated carbocycles. The first-order valence-electron chi connectivity index (χ1n) is 4.92. The van der Waals surface area contributed by atoms with Gasteiger partial charge in [-0.25, -0.2) is 0 Å². The van der Waals surface area contributed by atoms with E-state index in [4.69, 9.17) is 5.73 Å². The Morgan fingerprint density at radius 2 is 2.07 bits per heavy atom. The molecular weight excluding hydrogens is 178 g/mol. The fourth-order valence-electron chi connectivity index (χ4n) is 1.42. The summed E-state index contributed by atoms with van der Waals surface area (Å²) in [7, 11) is 0. The normalized spacial score (nSPS) is 12.7. The maximum atomic E-state index is 9.51. The first-order valence-corrected chi connectivity index (χ1v) is 4.92. The predicted molar refractivity (Wildman–Crippen MR) is 56.2 cm³/mol. The van der Waals surface area contributed by atoms with Crippen molar-refractivity contribution in [1.82, 2.24) is 0 Å². The van der Waals surface area contributed by atoms with Gasteiger partial charge in [0.1, 0.15) is 11.5 Å². The second-order valence-corrected chi connectivity index (χ2v) is 3.49. The first kappa shape index (κ1) is 10.9. The van der Waals surface area contributed by atoms with E-state index in [0.717, 1.165) is 19.3 Å². The Labute approximate surface area is 84.2 Å². The Morgan fingerprint density at radius 1 is 1.36 bits per heavy atom. The van der Waals surface area contributed by atoms with Gasteiger partial charge in [-0.05, 0) is 24.6 Å². The highest BCUT2D eigenvalue weighted by molar-refractivity contribution is 5.40. The van der Waals surface area contributed by atoms with Crippen LogP contribution in [0, 0.1) is 0 Å². The van der Waals surface area contributed by atoms with E-state index in [1.807, 2.05) is 0 Å². The van der Waals surface area contributed by atoms with Crippen LogP contribution in [0.1, 0.15) is 37.8 Å². The number of hydrogen-bond donors (Lipinski definition) is 3. The number of benzene rings is 1. The van der Waals surface area contributed by atoms with Crippen molar-refractivity contribution >= 4 is 0 Å². The quantitative estimate of drug-likeness (QED) is 0.646. The van der Waals surface area contributed by atoms with Crippen LogP contribution in [0.3, 0.4) is 0 Å². The molecule has 0 aromatic heterocycles. The average molecular weight is 195 g/mol. The van der Waals surface area contributed by atoms with Gasteiger partial charge in [0, 0.05) is 11.6 Å². The van der Waals surface area contributed by atoms with Gasteiger partial charge in [0.05, 0.1) is 0 Å². The summed E-state index contributed by atoms with van der Waals surface area (Å²) < 4.78 is 0. The van der Waals surface area contributed by atoms with Crippen LogP contribution in [-0.2, 0) is 0 Å². The van der Waals surface area contributed by atoms with Crippen molar-refractivity contribution in [1.29, 1.82) is 0 Å². The molecule has 4 N–H and O–H groups in total. The van der Waals surface area contributed by atoms with Gasteiger partial charge in [-0.2, -0.15) is 0 Å². The zero-order valence-electron chi connectivity index (χ0n) is 8.40. The highest BCUT2D eigenvalue weighted by Gasteiger charge is 2.10. The number of phenolic OH excluding ortho intramolecular Hbond substituents is 2. The molecule has 0 spiro atoms. The third-order valence-electron chi connectivity index (χ3n) is 2.28. The van der Waals surface area contributed by atoms with Crippen LogP contribution in [0.2, 0.25) is 0 Å². The number of nitrogens with two attached hydrogens (primary N) is 1. The standard InChI is InChI=1S/C11H17NO2/c1-2-3-4-10(12)9-7-8(13)5-6-11(9)14/h5-7,10,13-14H,2-4,12H2,1H3/t10-/m1/s1. The molecule has 0 radical (unpaired) electrons. The summed E-state index contributed by atoms with van der Waals surface area (Å²) in [4.78, 5) is 0. The third-order valence-corrected chi connectivity index (χ3v) is 2.28. The second kappa shape index (κ2) is 4.86. The lowest BCUT2D eigenvalue weighted by Gasteiger charge is -2.13. The third kappa shape index (κ3) is 2.64. The molecule has 1 aromatic rings. The van der Waals surface area contributed by atoms with Crippen molar-refractivity contribution in [3.63, 3.8) is 0 Å². The van der Waals surface area contributed by atoms with Crippen LogP contribution in [0.4, 0.5) is 0 Å². The van der Waals surface area contributed by atoms with Crippen molar-refractivity contribution in [2.75, 3.05) is 0 Å². The highest BCUT2D eigenvalue weighted by Crippen LogP contribution is 2.29. The van der Waals surface area contributed by atoms with Crippen LogP contribution >= 0.6 is 0 Å². The van der Waals surface area contributed by atoms with Crippen LogP contribution in [0.25, 0.3) is 0 Å². The van der Waals surface area contributed by atoms with Crippen LogP contribution in [-0.4, -0.2) is 10.2 Å². The van der Waals surface area contributed by atoms with Gasteiger partial charge in [0.15, 0.2) is 0 Å². The highest BCUT2D eigenvalue weighted by atomic mass is 16.3. The molecule has 0 amide bonds. The minimum Gasteiger partial charge on any atom is -0.508 e. The minimum atomic E-state index is -0.193. The number of rotatable bonds is 4. The van der Waals surface area contributed by atoms with E-state index in [0.29, 0.717) is 5.56 Å². The van der Waals surface area contributed by atoms with Crippen molar-refractivity contribution in [3.8, 4) is 11.5 Å². The molecule has 0 bridgehead atoms. The van der Waals surface area contributed by atoms with Gasteiger partial charge in [-0.1, -0.05) is 19.8 Å². The van der Waals surface area contributed by atoms with Gasteiger partial charge in [0.2, 0.25) is 0 Å². The largest absolute Gasteiger partial charge is 0.508 e. The van der Waals surface area contributed by atoms with Crippen molar-refractivity contribution in [3.05, 3.63) is 23.8 Å². The molecule has 0 aliphatic rings. The molecule has 0 aliphatic carbocycles. The molecule has 78 valence electrons. The van der Waals surface area contributed by atoms with E-state index < -0.39 is 0 Å². The van der Waals surface area contributed by atoms with Crippen molar-refractivity contribution in [2.24, 2.45) is 5.73 Å². The summed E-state index contributed by atoms with van der Waals surface area (Å²) in [5.74, 6) is 0.302. The minimum absolute atomic E-state index is 0.143. The summed E-state index contributed by atoms with van der Waals surface area (Å²) in [6, 6.07) is 4.25. The number of aromatic hydroxyl groups is 2. The van der Waals surface area contributed by atoms with E-state index in [9.17, 15) is 10.2 Å². The number of phenols is 2. The molecule has 1 aromatic carbocycles. The molecule has 3 nitrogen and oxygen atoms in total. The summed E-state index contributed by atoms with van der Waals surface area (Å²) in [5.41, 5.74) is 6.50. The maximum absolute atomic E-state index is 9.51. The first-order chi connectivity index (χ1) is 6.65. The zero-order chi connectivity index (χ0) is 10.6. The van der Waals surface area contributed by atoms with E-state index in [1.165, 1.54) is 18.2 Å². The molecular formula is C11H17NO2. The van der Waals surface area contributed by atoms with Crippen LogP contribution < -0.4 is 5.73 Å². The molecule has 1 atom stereocenters. The monoisotopic (exact) mass is 195 g/mol. The van der Waals surface area contributed by atoms with Gasteiger partial charge in [0.25, 0.3) is 0 Å². The molecule has 0 aliphatic heterocycles. The molecule has 0 unspecified atom stereocenters. The lowest BCUT2D eigenvalue weighted by molar-refractivity contribution is 0.444. The molecule has 14 heavy (non-hydrogen) atoms. The lowest BCUT2D eigenvalue weighted by atomic mass is 10.0.